The molecule has 7 nitrogen and oxygen atoms in total. The number of carboxylic acid groups (broad SMARTS) is 1. The Morgan fingerprint density at radius 3 is 2.58 bits per heavy atom. The van der Waals surface area contributed by atoms with Crippen LogP contribution in [0, 0.1) is 5.92 Å². The standard InChI is InChI=1S/C17H21N3O4/c21-15(19-9-5-12(6-10-19)16(22)23)13-3-1-4-14(11-13)20-8-2-7-18-17(20)24/h1,3-4,11-12H,2,5-10H2,(H,18,24)(H,22,23). The predicted molar refractivity (Wildman–Crippen MR) is 88.1 cm³/mol. The van der Waals surface area contributed by atoms with Crippen molar-refractivity contribution < 1.29 is 19.5 Å². The Labute approximate surface area is 140 Å². The Morgan fingerprint density at radius 2 is 1.92 bits per heavy atom. The van der Waals surface area contributed by atoms with Crippen LogP contribution in [0.15, 0.2) is 24.3 Å². The molecule has 24 heavy (non-hydrogen) atoms. The van der Waals surface area contributed by atoms with E-state index < -0.39 is 5.97 Å². The highest BCUT2D eigenvalue weighted by atomic mass is 16.4. The number of nitrogens with zero attached hydrogens (tertiary/aromatic N) is 2. The lowest BCUT2D eigenvalue weighted by atomic mass is 9.96. The molecular weight excluding hydrogens is 310 g/mol. The van der Waals surface area contributed by atoms with Crippen molar-refractivity contribution in [1.29, 1.82) is 0 Å². The number of hydrogen-bond acceptors (Lipinski definition) is 3. The molecule has 0 bridgehead atoms. The van der Waals surface area contributed by atoms with Gasteiger partial charge >= 0.3 is 12.0 Å². The number of hydrogen-bond donors (Lipinski definition) is 2. The van der Waals surface area contributed by atoms with Crippen LogP contribution < -0.4 is 10.2 Å². The molecular formula is C17H21N3O4. The number of rotatable bonds is 3. The lowest BCUT2D eigenvalue weighted by Crippen LogP contribution is -2.46. The van der Waals surface area contributed by atoms with E-state index in [1.807, 2.05) is 6.07 Å². The van der Waals surface area contributed by atoms with Gasteiger partial charge in [-0.25, -0.2) is 4.79 Å². The molecule has 0 spiro atoms. The molecule has 2 saturated heterocycles. The molecule has 7 heteroatoms. The maximum Gasteiger partial charge on any atom is 0.321 e. The molecule has 128 valence electrons. The smallest absolute Gasteiger partial charge is 0.321 e. The summed E-state index contributed by atoms with van der Waals surface area (Å²) in [6.45, 7) is 2.20. The van der Waals surface area contributed by atoms with Crippen molar-refractivity contribution >= 4 is 23.6 Å². The van der Waals surface area contributed by atoms with Crippen LogP contribution in [0.5, 0.6) is 0 Å². The molecule has 1 aromatic rings. The maximum absolute atomic E-state index is 12.7. The molecule has 0 aliphatic carbocycles. The minimum atomic E-state index is -0.791. The summed E-state index contributed by atoms with van der Waals surface area (Å²) < 4.78 is 0. The summed E-state index contributed by atoms with van der Waals surface area (Å²) in [5, 5.41) is 11.8. The topological polar surface area (TPSA) is 89.9 Å². The Morgan fingerprint density at radius 1 is 1.17 bits per heavy atom. The Hall–Kier alpha value is -2.57. The highest BCUT2D eigenvalue weighted by molar-refractivity contribution is 5.98. The van der Waals surface area contributed by atoms with E-state index >= 15 is 0 Å². The third-order valence-corrected chi connectivity index (χ3v) is 4.62. The molecule has 2 aliphatic rings. The average molecular weight is 331 g/mol. The number of urea groups is 1. The van der Waals surface area contributed by atoms with Crippen LogP contribution >= 0.6 is 0 Å². The number of piperidine rings is 1. The first kappa shape index (κ1) is 16.3. The lowest BCUT2D eigenvalue weighted by molar-refractivity contribution is -0.143. The molecule has 0 unspecified atom stereocenters. The number of likely N-dealkylation sites (tertiary alicyclic amines) is 1. The summed E-state index contributed by atoms with van der Waals surface area (Å²) in [4.78, 5) is 38.9. The first-order valence-electron chi connectivity index (χ1n) is 8.24. The van der Waals surface area contributed by atoms with Gasteiger partial charge in [-0.3, -0.25) is 14.5 Å². The third-order valence-electron chi connectivity index (χ3n) is 4.62. The normalized spacial score (nSPS) is 19.1. The number of anilines is 1. The van der Waals surface area contributed by atoms with Crippen LogP contribution in [0.25, 0.3) is 0 Å². The number of benzene rings is 1. The van der Waals surface area contributed by atoms with E-state index in [9.17, 15) is 14.4 Å². The number of carbonyl (C=O) groups is 3. The van der Waals surface area contributed by atoms with Gasteiger partial charge in [0.1, 0.15) is 0 Å². The number of amides is 3. The summed E-state index contributed by atoms with van der Waals surface area (Å²) >= 11 is 0. The molecule has 0 aromatic heterocycles. The predicted octanol–water partition coefficient (Wildman–Crippen LogP) is 1.54. The van der Waals surface area contributed by atoms with E-state index in [0.717, 1.165) is 6.42 Å². The van der Waals surface area contributed by atoms with Crippen molar-refractivity contribution in [2.75, 3.05) is 31.1 Å². The van der Waals surface area contributed by atoms with Crippen molar-refractivity contribution in [1.82, 2.24) is 10.2 Å². The SMILES string of the molecule is O=C(O)C1CCN(C(=O)c2cccc(N3CCCNC3=O)c2)CC1. The van der Waals surface area contributed by atoms with Crippen LogP contribution in [0.2, 0.25) is 0 Å². The van der Waals surface area contributed by atoms with E-state index in [0.29, 0.717) is 50.3 Å². The van der Waals surface area contributed by atoms with Crippen LogP contribution in [-0.4, -0.2) is 54.1 Å². The summed E-state index contributed by atoms with van der Waals surface area (Å²) in [7, 11) is 0. The van der Waals surface area contributed by atoms with Crippen molar-refractivity contribution in [2.45, 2.75) is 19.3 Å². The average Bonchev–Trinajstić information content (AvgIpc) is 2.61. The van der Waals surface area contributed by atoms with E-state index in [2.05, 4.69) is 5.32 Å². The zero-order valence-electron chi connectivity index (χ0n) is 13.4. The van der Waals surface area contributed by atoms with Crippen molar-refractivity contribution in [3.05, 3.63) is 29.8 Å². The molecule has 3 rings (SSSR count). The lowest BCUT2D eigenvalue weighted by Gasteiger charge is -2.31. The second-order valence-corrected chi connectivity index (χ2v) is 6.19. The molecule has 2 aliphatic heterocycles. The minimum absolute atomic E-state index is 0.113. The van der Waals surface area contributed by atoms with Crippen LogP contribution in [0.4, 0.5) is 10.5 Å². The van der Waals surface area contributed by atoms with Gasteiger partial charge in [-0.1, -0.05) is 6.07 Å². The van der Waals surface area contributed by atoms with Gasteiger partial charge in [-0.15, -0.1) is 0 Å². The first-order chi connectivity index (χ1) is 11.6. The Bertz CT molecular complexity index is 653. The van der Waals surface area contributed by atoms with E-state index in [4.69, 9.17) is 5.11 Å². The van der Waals surface area contributed by atoms with E-state index in [1.165, 1.54) is 0 Å². The number of carboxylic acids is 1. The summed E-state index contributed by atoms with van der Waals surface area (Å²) in [6, 6.07) is 6.91. The highest BCUT2D eigenvalue weighted by Crippen LogP contribution is 2.22. The monoisotopic (exact) mass is 331 g/mol. The van der Waals surface area contributed by atoms with Crippen LogP contribution in [0.3, 0.4) is 0 Å². The fraction of sp³-hybridized carbons (Fsp3) is 0.471. The van der Waals surface area contributed by atoms with Crippen molar-refractivity contribution in [2.24, 2.45) is 5.92 Å². The van der Waals surface area contributed by atoms with Gasteiger partial charge in [0, 0.05) is 37.4 Å². The second-order valence-electron chi connectivity index (χ2n) is 6.19. The van der Waals surface area contributed by atoms with Gasteiger partial charge in [0.15, 0.2) is 0 Å². The molecule has 0 atom stereocenters. The van der Waals surface area contributed by atoms with Gasteiger partial charge in [-0.05, 0) is 37.5 Å². The minimum Gasteiger partial charge on any atom is -0.481 e. The molecule has 0 saturated carbocycles. The van der Waals surface area contributed by atoms with E-state index in [-0.39, 0.29) is 17.9 Å². The molecule has 2 N–H and O–H groups in total. The Kier molecular flexibility index (Phi) is 4.69. The zero-order valence-corrected chi connectivity index (χ0v) is 13.4. The van der Waals surface area contributed by atoms with Gasteiger partial charge < -0.3 is 15.3 Å². The summed E-state index contributed by atoms with van der Waals surface area (Å²) in [5.41, 5.74) is 1.23. The number of aliphatic carboxylic acids is 1. The number of carbonyl (C=O) groups excluding carboxylic acids is 2. The van der Waals surface area contributed by atoms with Crippen molar-refractivity contribution in [3.63, 3.8) is 0 Å². The summed E-state index contributed by atoms with van der Waals surface area (Å²) in [6.07, 6.45) is 1.83. The molecule has 1 aromatic carbocycles. The largest absolute Gasteiger partial charge is 0.481 e. The molecule has 2 fully saturated rings. The highest BCUT2D eigenvalue weighted by Gasteiger charge is 2.28. The Balaban J connectivity index is 1.71. The van der Waals surface area contributed by atoms with Gasteiger partial charge in [0.25, 0.3) is 5.91 Å². The van der Waals surface area contributed by atoms with E-state index in [1.54, 1.807) is 28.0 Å². The van der Waals surface area contributed by atoms with Crippen LogP contribution in [0.1, 0.15) is 29.6 Å². The fourth-order valence-electron chi connectivity index (χ4n) is 3.19. The molecule has 2 heterocycles. The summed E-state index contributed by atoms with van der Waals surface area (Å²) in [5.74, 6) is -1.27. The molecule has 0 radical (unpaired) electrons. The number of nitrogens with one attached hydrogen (secondary N) is 1. The van der Waals surface area contributed by atoms with Gasteiger partial charge in [0.2, 0.25) is 0 Å². The third kappa shape index (κ3) is 3.34. The zero-order chi connectivity index (χ0) is 17.1. The molecule has 3 amide bonds. The first-order valence-corrected chi connectivity index (χ1v) is 8.24. The second kappa shape index (κ2) is 6.90. The van der Waals surface area contributed by atoms with Gasteiger partial charge in [-0.2, -0.15) is 0 Å². The quantitative estimate of drug-likeness (QED) is 0.879. The van der Waals surface area contributed by atoms with Gasteiger partial charge in [0.05, 0.1) is 5.92 Å². The maximum atomic E-state index is 12.7. The van der Waals surface area contributed by atoms with Crippen LogP contribution in [-0.2, 0) is 4.79 Å². The van der Waals surface area contributed by atoms with Crippen molar-refractivity contribution in [3.8, 4) is 0 Å². The fourth-order valence-corrected chi connectivity index (χ4v) is 3.19.